The van der Waals surface area contributed by atoms with Gasteiger partial charge in [0.15, 0.2) is 0 Å². The van der Waals surface area contributed by atoms with E-state index in [9.17, 15) is 0 Å². The predicted octanol–water partition coefficient (Wildman–Crippen LogP) is 1.46. The van der Waals surface area contributed by atoms with Crippen LogP contribution in [-0.2, 0) is 4.74 Å². The zero-order valence-corrected chi connectivity index (χ0v) is 9.48. The largest absolute Gasteiger partial charge is 0.394 e. The van der Waals surface area contributed by atoms with Crippen molar-refractivity contribution in [1.82, 2.24) is 0 Å². The molecule has 1 aliphatic heterocycles. The molecule has 0 aliphatic carbocycles. The quantitative estimate of drug-likeness (QED) is 0.536. The van der Waals surface area contributed by atoms with Gasteiger partial charge in [-0.1, -0.05) is 33.4 Å². The van der Waals surface area contributed by atoms with Crippen LogP contribution in [0.1, 0.15) is 20.8 Å². The van der Waals surface area contributed by atoms with Crippen LogP contribution in [-0.4, -0.2) is 32.3 Å². The zero-order valence-electron chi connectivity index (χ0n) is 8.48. The fraction of sp³-hybridized carbons (Fsp3) is 1.00. The van der Waals surface area contributed by atoms with Gasteiger partial charge < -0.3 is 9.84 Å². The van der Waals surface area contributed by atoms with Crippen LogP contribution >= 0.6 is 0 Å². The number of ether oxygens (including phenoxy) is 1. The van der Waals surface area contributed by atoms with E-state index in [0.29, 0.717) is 5.41 Å². The molecule has 0 aromatic rings. The third-order valence-electron chi connectivity index (χ3n) is 2.32. The molecule has 1 rings (SSSR count). The normalized spacial score (nSPS) is 29.5. The molecular formula is C9H19O2Si. The molecule has 1 N–H and O–H groups in total. The van der Waals surface area contributed by atoms with Gasteiger partial charge in [-0.25, -0.2) is 0 Å². The maximum Gasteiger partial charge on any atom is 0.101 e. The number of hydrogen-bond donors (Lipinski definition) is 1. The lowest BCUT2D eigenvalue weighted by Gasteiger charge is -2.25. The first kappa shape index (κ1) is 10.2. The molecule has 3 heteroatoms. The molecule has 12 heavy (non-hydrogen) atoms. The van der Waals surface area contributed by atoms with E-state index in [2.05, 4.69) is 27.3 Å². The molecule has 71 valence electrons. The van der Waals surface area contributed by atoms with Crippen LogP contribution in [0.25, 0.3) is 0 Å². The van der Waals surface area contributed by atoms with Gasteiger partial charge in [-0.2, -0.15) is 0 Å². The molecule has 1 radical (unpaired) electrons. The molecule has 1 atom stereocenters. The minimum absolute atomic E-state index is 0.0854. The average Bonchev–Trinajstić information content (AvgIpc) is 2.62. The van der Waals surface area contributed by atoms with Gasteiger partial charge in [-0.3, -0.25) is 0 Å². The highest BCUT2D eigenvalue weighted by atomic mass is 28.3. The molecule has 0 bridgehead atoms. The predicted molar refractivity (Wildman–Crippen MR) is 51.6 cm³/mol. The molecule has 0 aromatic carbocycles. The summed E-state index contributed by atoms with van der Waals surface area (Å²) in [5.74, 6) is 0. The Kier molecular flexibility index (Phi) is 2.66. The molecular weight excluding hydrogens is 168 g/mol. The summed E-state index contributed by atoms with van der Waals surface area (Å²) in [6.45, 7) is 10.00. The van der Waals surface area contributed by atoms with Crippen molar-refractivity contribution in [1.29, 1.82) is 0 Å². The molecule has 0 aromatic heterocycles. The summed E-state index contributed by atoms with van der Waals surface area (Å²) in [6, 6.07) is 1.21. The highest BCUT2D eigenvalue weighted by Gasteiger charge is 2.50. The Bertz CT molecular complexity index is 158. The van der Waals surface area contributed by atoms with Gasteiger partial charge in [-0.05, 0) is 5.41 Å². The first-order chi connectivity index (χ1) is 5.40. The molecule has 1 aliphatic rings. The van der Waals surface area contributed by atoms with Gasteiger partial charge in [0.2, 0.25) is 0 Å². The first-order valence-corrected chi connectivity index (χ1v) is 6.68. The standard InChI is InChI=1S/C9H19O2Si/c1-8(2,3)7-12(4)9(5-10)6-11-9/h10H,5-7H2,1-4H3/t9-/m0/s1. The SMILES string of the molecule is C[Si](CC(C)(C)C)[C@@]1(CO)CO1. The van der Waals surface area contributed by atoms with Crippen LogP contribution in [0.4, 0.5) is 0 Å². The Morgan fingerprint density at radius 2 is 2.00 bits per heavy atom. The zero-order chi connectivity index (χ0) is 9.41. The van der Waals surface area contributed by atoms with Crippen molar-refractivity contribution in [2.45, 2.75) is 38.6 Å². The van der Waals surface area contributed by atoms with Crippen molar-refractivity contribution in [3.8, 4) is 0 Å². The molecule has 2 nitrogen and oxygen atoms in total. The van der Waals surface area contributed by atoms with E-state index < -0.39 is 8.80 Å². The van der Waals surface area contributed by atoms with Crippen LogP contribution in [0.5, 0.6) is 0 Å². The Hall–Kier alpha value is 0.137. The Morgan fingerprint density at radius 1 is 1.50 bits per heavy atom. The summed E-state index contributed by atoms with van der Waals surface area (Å²) in [5, 5.41) is 9.04. The number of hydrogen-bond acceptors (Lipinski definition) is 2. The van der Waals surface area contributed by atoms with Gasteiger partial charge in [0.25, 0.3) is 0 Å². The van der Waals surface area contributed by atoms with E-state index >= 15 is 0 Å². The molecule has 0 spiro atoms. The number of aliphatic hydroxyl groups is 1. The van der Waals surface area contributed by atoms with Gasteiger partial charge >= 0.3 is 0 Å². The van der Waals surface area contributed by atoms with E-state index in [4.69, 9.17) is 9.84 Å². The minimum Gasteiger partial charge on any atom is -0.394 e. The van der Waals surface area contributed by atoms with Gasteiger partial charge in [-0.15, -0.1) is 0 Å². The smallest absolute Gasteiger partial charge is 0.101 e. The van der Waals surface area contributed by atoms with E-state index in [0.717, 1.165) is 6.61 Å². The van der Waals surface area contributed by atoms with Crippen molar-refractivity contribution in [2.75, 3.05) is 13.2 Å². The molecule has 1 saturated heterocycles. The van der Waals surface area contributed by atoms with Crippen LogP contribution in [0.2, 0.25) is 12.6 Å². The second-order valence-electron chi connectivity index (χ2n) is 4.96. The minimum atomic E-state index is -0.535. The average molecular weight is 187 g/mol. The van der Waals surface area contributed by atoms with Crippen LogP contribution in [0, 0.1) is 5.41 Å². The number of aliphatic hydroxyl groups excluding tert-OH is 1. The lowest BCUT2D eigenvalue weighted by atomic mass is 10.0. The maximum atomic E-state index is 9.12. The van der Waals surface area contributed by atoms with Crippen LogP contribution in [0.15, 0.2) is 0 Å². The topological polar surface area (TPSA) is 32.8 Å². The fourth-order valence-corrected chi connectivity index (χ4v) is 4.26. The second kappa shape index (κ2) is 3.12. The van der Waals surface area contributed by atoms with E-state index in [1.807, 2.05) is 0 Å². The van der Waals surface area contributed by atoms with Gasteiger partial charge in [0, 0.05) is 0 Å². The number of epoxide rings is 1. The van der Waals surface area contributed by atoms with Crippen molar-refractivity contribution in [3.63, 3.8) is 0 Å². The molecule has 1 fully saturated rings. The van der Waals surface area contributed by atoms with E-state index in [-0.39, 0.29) is 11.8 Å². The first-order valence-electron chi connectivity index (χ1n) is 4.47. The van der Waals surface area contributed by atoms with E-state index in [1.54, 1.807) is 0 Å². The van der Waals surface area contributed by atoms with Crippen molar-refractivity contribution < 1.29 is 9.84 Å². The third-order valence-corrected chi connectivity index (χ3v) is 5.91. The number of rotatable bonds is 3. The third kappa shape index (κ3) is 2.31. The van der Waals surface area contributed by atoms with Crippen molar-refractivity contribution >= 4 is 8.80 Å². The van der Waals surface area contributed by atoms with Gasteiger partial charge in [0.05, 0.1) is 22.0 Å². The second-order valence-corrected chi connectivity index (χ2v) is 7.78. The summed E-state index contributed by atoms with van der Waals surface area (Å²) in [4.78, 5) is 0. The summed E-state index contributed by atoms with van der Waals surface area (Å²) in [6.07, 6.45) is 0. The van der Waals surface area contributed by atoms with E-state index in [1.165, 1.54) is 6.04 Å². The lowest BCUT2D eigenvalue weighted by Crippen LogP contribution is -2.38. The van der Waals surface area contributed by atoms with Gasteiger partial charge in [0.1, 0.15) is 5.22 Å². The highest BCUT2D eigenvalue weighted by molar-refractivity contribution is 6.61. The van der Waals surface area contributed by atoms with Crippen molar-refractivity contribution in [2.24, 2.45) is 5.41 Å². The van der Waals surface area contributed by atoms with Crippen molar-refractivity contribution in [3.05, 3.63) is 0 Å². The fourth-order valence-electron chi connectivity index (χ4n) is 1.52. The summed E-state index contributed by atoms with van der Waals surface area (Å²) in [5.41, 5.74) is 0.372. The molecule has 0 amide bonds. The maximum absolute atomic E-state index is 9.12. The Morgan fingerprint density at radius 3 is 2.25 bits per heavy atom. The molecule has 0 saturated carbocycles. The molecule has 0 unspecified atom stereocenters. The highest BCUT2D eigenvalue weighted by Crippen LogP contribution is 2.35. The Labute approximate surface area is 76.5 Å². The van der Waals surface area contributed by atoms with Crippen LogP contribution < -0.4 is 0 Å². The summed E-state index contributed by atoms with van der Waals surface area (Å²) < 4.78 is 5.35. The summed E-state index contributed by atoms with van der Waals surface area (Å²) in [7, 11) is -0.535. The Balaban J connectivity index is 2.43. The molecule has 1 heterocycles. The lowest BCUT2D eigenvalue weighted by molar-refractivity contribution is 0.216. The monoisotopic (exact) mass is 187 g/mol. The summed E-state index contributed by atoms with van der Waals surface area (Å²) >= 11 is 0. The van der Waals surface area contributed by atoms with Crippen LogP contribution in [0.3, 0.4) is 0 Å².